The van der Waals surface area contributed by atoms with Crippen molar-refractivity contribution >= 4 is 40.0 Å². The minimum absolute atomic E-state index is 0.197. The Balaban J connectivity index is 1.51. The first-order valence-electron chi connectivity index (χ1n) is 10.2. The first-order chi connectivity index (χ1) is 15.5. The van der Waals surface area contributed by atoms with Crippen LogP contribution in [0.3, 0.4) is 0 Å². The van der Waals surface area contributed by atoms with Crippen LogP contribution in [0.2, 0.25) is 0 Å². The predicted molar refractivity (Wildman–Crippen MR) is 130 cm³/mol. The van der Waals surface area contributed by atoms with Crippen molar-refractivity contribution in [1.82, 2.24) is 20.3 Å². The zero-order chi connectivity index (χ0) is 22.7. The predicted octanol–water partition coefficient (Wildman–Crippen LogP) is 4.43. The second-order valence-electron chi connectivity index (χ2n) is 7.31. The van der Waals surface area contributed by atoms with Crippen LogP contribution in [0.4, 0.5) is 5.69 Å². The topological polar surface area (TPSA) is 81.1 Å². The molecule has 4 rings (SSSR count). The van der Waals surface area contributed by atoms with E-state index in [4.69, 9.17) is 17.0 Å². The van der Waals surface area contributed by atoms with Crippen LogP contribution in [0, 0.1) is 6.92 Å². The molecule has 1 heterocycles. The molecule has 3 aromatic carbocycles. The molecule has 0 fully saturated rings. The Labute approximate surface area is 191 Å². The summed E-state index contributed by atoms with van der Waals surface area (Å²) in [6.07, 6.45) is 0.983. The lowest BCUT2D eigenvalue weighted by atomic mass is 10.2. The molecule has 0 unspecified atom stereocenters. The number of benzene rings is 3. The Kier molecular flexibility index (Phi) is 6.13. The van der Waals surface area contributed by atoms with Gasteiger partial charge in [-0.2, -0.15) is 4.80 Å². The van der Waals surface area contributed by atoms with Gasteiger partial charge in [0.1, 0.15) is 16.8 Å². The molecule has 0 radical (unpaired) electrons. The van der Waals surface area contributed by atoms with Gasteiger partial charge in [-0.15, -0.1) is 10.2 Å². The number of amides is 1. The summed E-state index contributed by atoms with van der Waals surface area (Å²) < 4.78 is 5.16. The fraction of sp³-hybridized carbons (Fsp3) is 0.167. The minimum atomic E-state index is -0.318. The van der Waals surface area contributed by atoms with Crippen molar-refractivity contribution in [3.63, 3.8) is 0 Å². The summed E-state index contributed by atoms with van der Waals surface area (Å²) in [5.74, 6) is 0.284. The van der Waals surface area contributed by atoms with Crippen molar-refractivity contribution in [2.45, 2.75) is 20.3 Å². The number of nitrogens with zero attached hydrogens (tertiary/aromatic N) is 3. The molecule has 0 atom stereocenters. The number of aromatic nitrogens is 3. The molecule has 7 nitrogen and oxygen atoms in total. The van der Waals surface area contributed by atoms with Crippen molar-refractivity contribution in [3.8, 4) is 11.4 Å². The molecule has 32 heavy (non-hydrogen) atoms. The molecule has 8 heteroatoms. The zero-order valence-electron chi connectivity index (χ0n) is 18.0. The van der Waals surface area contributed by atoms with E-state index in [0.717, 1.165) is 34.4 Å². The third-order valence-corrected chi connectivity index (χ3v) is 5.31. The highest BCUT2D eigenvalue weighted by Crippen LogP contribution is 2.22. The lowest BCUT2D eigenvalue weighted by molar-refractivity contribution is 0.0977. The number of aryl methyl sites for hydroxylation is 2. The van der Waals surface area contributed by atoms with E-state index < -0.39 is 0 Å². The van der Waals surface area contributed by atoms with Crippen molar-refractivity contribution in [2.75, 3.05) is 12.4 Å². The quantitative estimate of drug-likeness (QED) is 0.443. The second-order valence-corrected chi connectivity index (χ2v) is 7.71. The molecule has 0 saturated carbocycles. The first kappa shape index (κ1) is 21.5. The van der Waals surface area contributed by atoms with Crippen molar-refractivity contribution < 1.29 is 9.53 Å². The van der Waals surface area contributed by atoms with Crippen LogP contribution in [0.15, 0.2) is 60.7 Å². The highest BCUT2D eigenvalue weighted by molar-refractivity contribution is 7.80. The molecule has 1 amide bonds. The van der Waals surface area contributed by atoms with Gasteiger partial charge in [-0.05, 0) is 79.2 Å². The standard InChI is InChI=1S/C24H23N5O2S/c1-4-16-8-10-18(11-9-16)29-27-21-12-15(2)20(14-22(21)28-29)25-24(32)26-23(30)17-6-5-7-19(13-17)31-3/h5-14H,4H2,1-3H3,(H2,25,26,30,32). The first-order valence-corrected chi connectivity index (χ1v) is 10.6. The maximum Gasteiger partial charge on any atom is 0.257 e. The minimum Gasteiger partial charge on any atom is -0.497 e. The van der Waals surface area contributed by atoms with E-state index in [1.165, 1.54) is 5.56 Å². The number of anilines is 1. The molecular weight excluding hydrogens is 422 g/mol. The van der Waals surface area contributed by atoms with Crippen LogP contribution in [0.25, 0.3) is 16.7 Å². The molecule has 0 saturated heterocycles. The van der Waals surface area contributed by atoms with E-state index in [1.54, 1.807) is 36.2 Å². The van der Waals surface area contributed by atoms with Crippen LogP contribution < -0.4 is 15.4 Å². The Morgan fingerprint density at radius 3 is 2.47 bits per heavy atom. The second kappa shape index (κ2) is 9.15. The van der Waals surface area contributed by atoms with Gasteiger partial charge in [-0.3, -0.25) is 10.1 Å². The zero-order valence-corrected chi connectivity index (χ0v) is 18.9. The summed E-state index contributed by atoms with van der Waals surface area (Å²) in [6, 6.07) is 18.9. The average Bonchev–Trinajstić information content (AvgIpc) is 3.22. The molecule has 4 aromatic rings. The molecule has 0 aliphatic heterocycles. The summed E-state index contributed by atoms with van der Waals surface area (Å²) in [5.41, 5.74) is 5.80. The lowest BCUT2D eigenvalue weighted by Gasteiger charge is -2.12. The van der Waals surface area contributed by atoms with E-state index in [2.05, 4.69) is 39.9 Å². The number of carbonyl (C=O) groups excluding carboxylic acids is 1. The lowest BCUT2D eigenvalue weighted by Crippen LogP contribution is -2.34. The van der Waals surface area contributed by atoms with Crippen LogP contribution in [-0.2, 0) is 6.42 Å². The molecule has 1 aromatic heterocycles. The van der Waals surface area contributed by atoms with Gasteiger partial charge < -0.3 is 10.1 Å². The van der Waals surface area contributed by atoms with Gasteiger partial charge in [0.15, 0.2) is 5.11 Å². The summed E-state index contributed by atoms with van der Waals surface area (Å²) >= 11 is 5.35. The normalized spacial score (nSPS) is 10.7. The van der Waals surface area contributed by atoms with Gasteiger partial charge in [0, 0.05) is 11.3 Å². The third-order valence-electron chi connectivity index (χ3n) is 5.11. The highest BCUT2D eigenvalue weighted by atomic mass is 32.1. The molecule has 0 aliphatic rings. The van der Waals surface area contributed by atoms with Crippen LogP contribution in [0.1, 0.15) is 28.4 Å². The summed E-state index contributed by atoms with van der Waals surface area (Å²) in [6.45, 7) is 4.07. The van der Waals surface area contributed by atoms with Crippen molar-refractivity contribution in [1.29, 1.82) is 0 Å². The van der Waals surface area contributed by atoms with Gasteiger partial charge in [0.05, 0.1) is 12.8 Å². The van der Waals surface area contributed by atoms with Gasteiger partial charge in [-0.1, -0.05) is 25.1 Å². The number of carbonyl (C=O) groups is 1. The molecule has 0 aliphatic carbocycles. The molecular formula is C24H23N5O2S. The summed E-state index contributed by atoms with van der Waals surface area (Å²) in [5, 5.41) is 15.2. The monoisotopic (exact) mass is 445 g/mol. The number of hydrogen-bond donors (Lipinski definition) is 2. The van der Waals surface area contributed by atoms with Crippen LogP contribution in [-0.4, -0.2) is 33.1 Å². The average molecular weight is 446 g/mol. The van der Waals surface area contributed by atoms with Crippen LogP contribution >= 0.6 is 12.2 Å². The Hall–Kier alpha value is -3.78. The Morgan fingerprint density at radius 2 is 1.78 bits per heavy atom. The van der Waals surface area contributed by atoms with E-state index in [1.807, 2.05) is 31.2 Å². The van der Waals surface area contributed by atoms with Crippen molar-refractivity contribution in [3.05, 3.63) is 77.4 Å². The summed E-state index contributed by atoms with van der Waals surface area (Å²) in [4.78, 5) is 14.1. The number of nitrogens with one attached hydrogen (secondary N) is 2. The smallest absolute Gasteiger partial charge is 0.257 e. The highest BCUT2D eigenvalue weighted by Gasteiger charge is 2.12. The number of thiocarbonyl (C=S) groups is 1. The van der Waals surface area contributed by atoms with E-state index >= 15 is 0 Å². The van der Waals surface area contributed by atoms with Gasteiger partial charge in [0.2, 0.25) is 0 Å². The molecule has 2 N–H and O–H groups in total. The summed E-state index contributed by atoms with van der Waals surface area (Å²) in [7, 11) is 1.55. The maximum atomic E-state index is 12.5. The van der Waals surface area contributed by atoms with Gasteiger partial charge in [0.25, 0.3) is 5.91 Å². The fourth-order valence-corrected chi connectivity index (χ4v) is 3.48. The van der Waals surface area contributed by atoms with E-state index in [-0.39, 0.29) is 11.0 Å². The molecule has 162 valence electrons. The largest absolute Gasteiger partial charge is 0.497 e. The number of fused-ring (bicyclic) bond motifs is 1. The Morgan fingerprint density at radius 1 is 1.06 bits per heavy atom. The SMILES string of the molecule is CCc1ccc(-n2nc3cc(C)c(NC(=S)NC(=O)c4cccc(OC)c4)cc3n2)cc1. The molecule has 0 bridgehead atoms. The number of rotatable bonds is 5. The van der Waals surface area contributed by atoms with E-state index in [9.17, 15) is 4.79 Å². The van der Waals surface area contributed by atoms with Crippen LogP contribution in [0.5, 0.6) is 5.75 Å². The fourth-order valence-electron chi connectivity index (χ4n) is 3.28. The number of hydrogen-bond acceptors (Lipinski definition) is 5. The van der Waals surface area contributed by atoms with Crippen molar-refractivity contribution in [2.24, 2.45) is 0 Å². The number of methoxy groups -OCH3 is 1. The third kappa shape index (κ3) is 4.60. The number of ether oxygens (including phenoxy) is 1. The maximum absolute atomic E-state index is 12.5. The van der Waals surface area contributed by atoms with E-state index in [0.29, 0.717) is 11.3 Å². The molecule has 0 spiro atoms. The van der Waals surface area contributed by atoms with Gasteiger partial charge >= 0.3 is 0 Å². The van der Waals surface area contributed by atoms with Gasteiger partial charge in [-0.25, -0.2) is 0 Å². The Bertz CT molecular complexity index is 1300.